The third-order valence-corrected chi connectivity index (χ3v) is 4.42. The van der Waals surface area contributed by atoms with Gasteiger partial charge in [0.15, 0.2) is 18.3 Å². The van der Waals surface area contributed by atoms with Gasteiger partial charge in [-0.25, -0.2) is 4.98 Å². The number of aliphatic imine (C=N–C) groups is 1. The third kappa shape index (κ3) is 8.73. The number of guanidine groups is 1. The maximum absolute atomic E-state index is 12.6. The molecule has 0 atom stereocenters. The molecule has 30 heavy (non-hydrogen) atoms. The number of benzene rings is 1. The van der Waals surface area contributed by atoms with Gasteiger partial charge in [-0.3, -0.25) is 9.79 Å². The number of rotatable bonds is 8. The van der Waals surface area contributed by atoms with Crippen molar-refractivity contribution in [2.45, 2.75) is 26.2 Å². The molecule has 7 nitrogen and oxygen atoms in total. The average Bonchev–Trinajstić information content (AvgIpc) is 3.17. The van der Waals surface area contributed by atoms with Gasteiger partial charge in [-0.05, 0) is 24.6 Å². The standard InChI is InChI=1S/C18H22F3N5O2S.HI/c1-3-23-15(27)10-28-13-6-4-5-12(7-13)8-24-17(22-2)25-9-16-26-14(11-29-16)18(19,20)21;/h4-7,11H,3,8-10H2,1-2H3,(H,23,27)(H2,22,24,25);1H. The number of halogens is 4. The van der Waals surface area contributed by atoms with Gasteiger partial charge in [-0.1, -0.05) is 12.1 Å². The van der Waals surface area contributed by atoms with Crippen molar-refractivity contribution in [2.24, 2.45) is 4.99 Å². The molecule has 2 aromatic rings. The highest BCUT2D eigenvalue weighted by Crippen LogP contribution is 2.29. The second kappa shape index (κ2) is 12.6. The molecule has 1 aromatic carbocycles. The number of ether oxygens (including phenoxy) is 1. The number of carbonyl (C=O) groups excluding carboxylic acids is 1. The van der Waals surface area contributed by atoms with E-state index in [1.165, 1.54) is 0 Å². The van der Waals surface area contributed by atoms with Crippen LogP contribution in [0.5, 0.6) is 5.75 Å². The Labute approximate surface area is 193 Å². The second-order valence-corrected chi connectivity index (χ2v) is 6.74. The van der Waals surface area contributed by atoms with Crippen molar-refractivity contribution >= 4 is 47.2 Å². The van der Waals surface area contributed by atoms with E-state index in [0.717, 1.165) is 22.3 Å². The van der Waals surface area contributed by atoms with Crippen molar-refractivity contribution in [1.29, 1.82) is 0 Å². The lowest BCUT2D eigenvalue weighted by atomic mass is 10.2. The second-order valence-electron chi connectivity index (χ2n) is 5.79. The van der Waals surface area contributed by atoms with Gasteiger partial charge >= 0.3 is 6.18 Å². The van der Waals surface area contributed by atoms with Crippen molar-refractivity contribution in [3.63, 3.8) is 0 Å². The highest BCUT2D eigenvalue weighted by molar-refractivity contribution is 14.0. The molecule has 0 bridgehead atoms. The van der Waals surface area contributed by atoms with Crippen LogP contribution in [0.3, 0.4) is 0 Å². The van der Waals surface area contributed by atoms with E-state index < -0.39 is 11.9 Å². The molecule has 0 saturated heterocycles. The summed E-state index contributed by atoms with van der Waals surface area (Å²) in [6.07, 6.45) is -4.45. The van der Waals surface area contributed by atoms with E-state index >= 15 is 0 Å². The van der Waals surface area contributed by atoms with Crippen LogP contribution in [0.1, 0.15) is 23.2 Å². The Morgan fingerprint density at radius 2 is 1.97 bits per heavy atom. The van der Waals surface area contributed by atoms with Crippen molar-refractivity contribution in [3.8, 4) is 5.75 Å². The zero-order chi connectivity index (χ0) is 21.3. The number of alkyl halides is 3. The summed E-state index contributed by atoms with van der Waals surface area (Å²) in [6, 6.07) is 7.20. The number of likely N-dealkylation sites (N-methyl/N-ethyl adjacent to an activating group) is 1. The quantitative estimate of drug-likeness (QED) is 0.264. The fraction of sp³-hybridized carbons (Fsp3) is 0.389. The summed E-state index contributed by atoms with van der Waals surface area (Å²) >= 11 is 0.931. The van der Waals surface area contributed by atoms with Crippen LogP contribution in [0.15, 0.2) is 34.6 Å². The molecule has 0 spiro atoms. The number of thiazole rings is 1. The molecule has 0 fully saturated rings. The Morgan fingerprint density at radius 1 is 1.23 bits per heavy atom. The molecule has 12 heteroatoms. The number of amides is 1. The van der Waals surface area contributed by atoms with Crippen LogP contribution in [-0.2, 0) is 24.1 Å². The van der Waals surface area contributed by atoms with Crippen LogP contribution in [0.25, 0.3) is 0 Å². The number of nitrogens with one attached hydrogen (secondary N) is 3. The summed E-state index contributed by atoms with van der Waals surface area (Å²) in [5.41, 5.74) is -0.0124. The molecule has 166 valence electrons. The summed E-state index contributed by atoms with van der Waals surface area (Å²) < 4.78 is 43.2. The summed E-state index contributed by atoms with van der Waals surface area (Å²) in [6.45, 7) is 2.83. The normalized spacial score (nSPS) is 11.4. The number of nitrogens with zero attached hydrogens (tertiary/aromatic N) is 2. The van der Waals surface area contributed by atoms with Crippen molar-refractivity contribution in [3.05, 3.63) is 45.9 Å². The molecule has 1 amide bonds. The molecule has 0 aliphatic heterocycles. The largest absolute Gasteiger partial charge is 0.484 e. The predicted octanol–water partition coefficient (Wildman–Crippen LogP) is 3.16. The van der Waals surface area contributed by atoms with Crippen LogP contribution in [0.4, 0.5) is 13.2 Å². The average molecular weight is 557 g/mol. The van der Waals surface area contributed by atoms with E-state index in [4.69, 9.17) is 4.74 Å². The highest BCUT2D eigenvalue weighted by atomic mass is 127. The molecular formula is C18H23F3IN5O2S. The smallest absolute Gasteiger partial charge is 0.434 e. The molecule has 0 aliphatic carbocycles. The van der Waals surface area contributed by atoms with E-state index in [1.807, 2.05) is 13.0 Å². The van der Waals surface area contributed by atoms with E-state index in [1.54, 1.807) is 25.2 Å². The van der Waals surface area contributed by atoms with Gasteiger partial charge in [0, 0.05) is 25.5 Å². The van der Waals surface area contributed by atoms with Gasteiger partial charge in [0.05, 0.1) is 6.54 Å². The molecule has 2 rings (SSSR count). The Hall–Kier alpha value is -2.09. The van der Waals surface area contributed by atoms with Gasteiger partial charge in [0.25, 0.3) is 5.91 Å². The van der Waals surface area contributed by atoms with E-state index in [0.29, 0.717) is 29.8 Å². The first-order valence-electron chi connectivity index (χ1n) is 8.76. The number of hydrogen-bond donors (Lipinski definition) is 3. The van der Waals surface area contributed by atoms with Gasteiger partial charge in [0.1, 0.15) is 10.8 Å². The summed E-state index contributed by atoms with van der Waals surface area (Å²) in [5, 5.41) is 9.93. The topological polar surface area (TPSA) is 87.6 Å². The van der Waals surface area contributed by atoms with Crippen molar-refractivity contribution < 1.29 is 22.7 Å². The molecule has 0 radical (unpaired) electrons. The minimum Gasteiger partial charge on any atom is -0.484 e. The van der Waals surface area contributed by atoms with Gasteiger partial charge in [-0.2, -0.15) is 13.2 Å². The van der Waals surface area contributed by atoms with Gasteiger partial charge in [0.2, 0.25) is 0 Å². The molecule has 1 heterocycles. The van der Waals surface area contributed by atoms with Crippen LogP contribution < -0.4 is 20.7 Å². The van der Waals surface area contributed by atoms with E-state index in [-0.39, 0.29) is 43.0 Å². The minimum atomic E-state index is -4.45. The van der Waals surface area contributed by atoms with E-state index in [9.17, 15) is 18.0 Å². The maximum Gasteiger partial charge on any atom is 0.434 e. The SMILES string of the molecule is CCNC(=O)COc1cccc(CNC(=NC)NCc2nc(C(F)(F)F)cs2)c1.I. The molecule has 3 N–H and O–H groups in total. The fourth-order valence-corrected chi connectivity index (χ4v) is 2.97. The Morgan fingerprint density at radius 3 is 2.60 bits per heavy atom. The molecule has 1 aromatic heterocycles. The first-order chi connectivity index (χ1) is 13.8. The Bertz CT molecular complexity index is 845. The van der Waals surface area contributed by atoms with Gasteiger partial charge in [-0.15, -0.1) is 35.3 Å². The lowest BCUT2D eigenvalue weighted by molar-refractivity contribution is -0.140. The Kier molecular flexibility index (Phi) is 10.9. The molecular weight excluding hydrogens is 534 g/mol. The van der Waals surface area contributed by atoms with Crippen molar-refractivity contribution in [2.75, 3.05) is 20.2 Å². The molecule has 0 aliphatic rings. The molecule has 0 unspecified atom stereocenters. The number of hydrogen-bond acceptors (Lipinski definition) is 5. The zero-order valence-electron chi connectivity index (χ0n) is 16.4. The van der Waals surface area contributed by atoms with E-state index in [2.05, 4.69) is 25.9 Å². The predicted molar refractivity (Wildman–Crippen MR) is 120 cm³/mol. The van der Waals surface area contributed by atoms with Crippen LogP contribution in [-0.4, -0.2) is 37.1 Å². The summed E-state index contributed by atoms with van der Waals surface area (Å²) in [4.78, 5) is 19.1. The maximum atomic E-state index is 12.6. The fourth-order valence-electron chi connectivity index (χ4n) is 2.23. The summed E-state index contributed by atoms with van der Waals surface area (Å²) in [7, 11) is 1.56. The van der Waals surface area contributed by atoms with Crippen LogP contribution >= 0.6 is 35.3 Å². The first-order valence-corrected chi connectivity index (χ1v) is 9.64. The Balaban J connectivity index is 0.00000450. The lowest BCUT2D eigenvalue weighted by Crippen LogP contribution is -2.36. The lowest BCUT2D eigenvalue weighted by Gasteiger charge is -2.12. The molecule has 0 saturated carbocycles. The first kappa shape index (κ1) is 25.9. The highest BCUT2D eigenvalue weighted by Gasteiger charge is 2.33. The van der Waals surface area contributed by atoms with Crippen LogP contribution in [0, 0.1) is 0 Å². The number of aromatic nitrogens is 1. The number of carbonyl (C=O) groups is 1. The zero-order valence-corrected chi connectivity index (χ0v) is 19.5. The minimum absolute atomic E-state index is 0. The van der Waals surface area contributed by atoms with Gasteiger partial charge < -0.3 is 20.7 Å². The summed E-state index contributed by atoms with van der Waals surface area (Å²) in [5.74, 6) is 0.778. The van der Waals surface area contributed by atoms with Crippen molar-refractivity contribution in [1.82, 2.24) is 20.9 Å². The monoisotopic (exact) mass is 557 g/mol. The third-order valence-electron chi connectivity index (χ3n) is 3.58. The van der Waals surface area contributed by atoms with Crippen LogP contribution in [0.2, 0.25) is 0 Å².